The van der Waals surface area contributed by atoms with Gasteiger partial charge in [0.05, 0.1) is 18.2 Å². The minimum absolute atomic E-state index is 0.00709. The number of aliphatic hydroxyl groups excluding tert-OH is 2. The fourth-order valence-electron chi connectivity index (χ4n) is 1.44. The average molecular weight is 282 g/mol. The number of halogens is 1. The number of likely N-dealkylation sites (N-methyl/N-ethyl adjacent to an activating group) is 1. The predicted molar refractivity (Wildman–Crippen MR) is 74.1 cm³/mol. The van der Waals surface area contributed by atoms with Crippen LogP contribution in [0.1, 0.15) is 22.3 Å². The lowest BCUT2D eigenvalue weighted by molar-refractivity contribution is 0.0767. The Kier molecular flexibility index (Phi) is 6.37. The number of carbonyl (C=O) groups is 1. The quantitative estimate of drug-likeness (QED) is 0.814. The highest BCUT2D eigenvalue weighted by Gasteiger charge is 2.12. The summed E-state index contributed by atoms with van der Waals surface area (Å²) in [6, 6.07) is 4.87. The molecule has 0 fully saturated rings. The van der Waals surface area contributed by atoms with Crippen molar-refractivity contribution in [1.29, 1.82) is 0 Å². The van der Waals surface area contributed by atoms with Crippen molar-refractivity contribution in [2.75, 3.05) is 26.8 Å². The molecule has 5 heteroatoms. The van der Waals surface area contributed by atoms with E-state index in [-0.39, 0.29) is 25.7 Å². The molecule has 0 aliphatic heterocycles. The van der Waals surface area contributed by atoms with E-state index in [4.69, 9.17) is 21.8 Å². The number of hydrogen-bond acceptors (Lipinski definition) is 3. The highest BCUT2D eigenvalue weighted by molar-refractivity contribution is 6.32. The third kappa shape index (κ3) is 4.56. The Morgan fingerprint density at radius 3 is 2.68 bits per heavy atom. The van der Waals surface area contributed by atoms with Crippen molar-refractivity contribution >= 4 is 17.5 Å². The molecule has 0 aliphatic rings. The van der Waals surface area contributed by atoms with Crippen LogP contribution in [0.3, 0.4) is 0 Å². The summed E-state index contributed by atoms with van der Waals surface area (Å²) in [6.45, 7) is 0.197. The van der Waals surface area contributed by atoms with Gasteiger partial charge in [-0.15, -0.1) is 0 Å². The first-order valence-electron chi connectivity index (χ1n) is 5.85. The first kappa shape index (κ1) is 15.5. The Morgan fingerprint density at radius 2 is 2.11 bits per heavy atom. The fourth-order valence-corrected chi connectivity index (χ4v) is 1.66. The molecule has 2 N–H and O–H groups in total. The van der Waals surface area contributed by atoms with E-state index >= 15 is 0 Å². The van der Waals surface area contributed by atoms with Gasteiger partial charge in [0.15, 0.2) is 0 Å². The third-order valence-electron chi connectivity index (χ3n) is 2.46. The highest BCUT2D eigenvalue weighted by Crippen LogP contribution is 2.18. The van der Waals surface area contributed by atoms with Gasteiger partial charge in [-0.2, -0.15) is 0 Å². The summed E-state index contributed by atoms with van der Waals surface area (Å²) < 4.78 is 0. The van der Waals surface area contributed by atoms with Gasteiger partial charge in [-0.3, -0.25) is 4.79 Å². The third-order valence-corrected chi connectivity index (χ3v) is 2.77. The molecule has 1 amide bonds. The maximum atomic E-state index is 11.9. The summed E-state index contributed by atoms with van der Waals surface area (Å²) >= 11 is 6.05. The second-order valence-electron chi connectivity index (χ2n) is 3.92. The molecule has 0 atom stereocenters. The van der Waals surface area contributed by atoms with E-state index in [0.29, 0.717) is 22.6 Å². The van der Waals surface area contributed by atoms with Gasteiger partial charge in [0.25, 0.3) is 5.91 Å². The molecular formula is C14H16ClNO3. The van der Waals surface area contributed by atoms with Crippen LogP contribution in [0.5, 0.6) is 0 Å². The molecule has 19 heavy (non-hydrogen) atoms. The van der Waals surface area contributed by atoms with Crippen molar-refractivity contribution in [1.82, 2.24) is 4.90 Å². The second kappa shape index (κ2) is 7.80. The van der Waals surface area contributed by atoms with Gasteiger partial charge in [-0.1, -0.05) is 23.4 Å². The summed E-state index contributed by atoms with van der Waals surface area (Å²) in [4.78, 5) is 13.4. The number of aliphatic hydroxyl groups is 2. The van der Waals surface area contributed by atoms with Crippen molar-refractivity contribution in [3.63, 3.8) is 0 Å². The number of amides is 1. The summed E-state index contributed by atoms with van der Waals surface area (Å²) in [6.07, 6.45) is 0.385. The Balaban J connectivity index is 2.88. The molecule has 0 heterocycles. The Bertz CT molecular complexity index is 505. The van der Waals surface area contributed by atoms with Gasteiger partial charge in [0.1, 0.15) is 0 Å². The molecule has 0 radical (unpaired) electrons. The van der Waals surface area contributed by atoms with E-state index < -0.39 is 0 Å². The van der Waals surface area contributed by atoms with Crippen molar-refractivity contribution in [2.24, 2.45) is 0 Å². The molecule has 0 spiro atoms. The summed E-state index contributed by atoms with van der Waals surface area (Å²) in [5.74, 6) is 5.40. The van der Waals surface area contributed by atoms with Crippen molar-refractivity contribution in [3.05, 3.63) is 34.3 Å². The van der Waals surface area contributed by atoms with E-state index in [9.17, 15) is 4.79 Å². The number of rotatable bonds is 4. The van der Waals surface area contributed by atoms with Crippen LogP contribution in [0.4, 0.5) is 0 Å². The monoisotopic (exact) mass is 281 g/mol. The lowest BCUT2D eigenvalue weighted by Gasteiger charge is -2.15. The molecule has 0 unspecified atom stereocenters. The lowest BCUT2D eigenvalue weighted by Crippen LogP contribution is -2.29. The molecule has 1 aromatic carbocycles. The summed E-state index contributed by atoms with van der Waals surface area (Å²) in [5.41, 5.74) is 1.07. The minimum atomic E-state index is -0.203. The predicted octanol–water partition coefficient (Wildman–Crippen LogP) is 1.14. The molecule has 4 nitrogen and oxygen atoms in total. The fraction of sp³-hybridized carbons (Fsp3) is 0.357. The van der Waals surface area contributed by atoms with Crippen molar-refractivity contribution in [3.8, 4) is 11.8 Å². The maximum absolute atomic E-state index is 11.9. The number of carbonyl (C=O) groups excluding carboxylic acids is 1. The van der Waals surface area contributed by atoms with E-state index in [2.05, 4.69) is 11.8 Å². The number of nitrogens with zero attached hydrogens (tertiary/aromatic N) is 1. The molecule has 0 saturated heterocycles. The zero-order chi connectivity index (χ0) is 14.3. The van der Waals surface area contributed by atoms with Crippen LogP contribution in [-0.2, 0) is 0 Å². The van der Waals surface area contributed by atoms with Gasteiger partial charge < -0.3 is 15.1 Å². The molecule has 0 bridgehead atoms. The van der Waals surface area contributed by atoms with Crippen LogP contribution >= 0.6 is 11.6 Å². The van der Waals surface area contributed by atoms with Gasteiger partial charge in [0.2, 0.25) is 0 Å². The van der Waals surface area contributed by atoms with E-state index in [1.54, 1.807) is 25.2 Å². The smallest absolute Gasteiger partial charge is 0.253 e. The zero-order valence-corrected chi connectivity index (χ0v) is 11.4. The van der Waals surface area contributed by atoms with Gasteiger partial charge in [-0.05, 0) is 18.2 Å². The second-order valence-corrected chi connectivity index (χ2v) is 4.33. The number of hydrogen-bond donors (Lipinski definition) is 2. The SMILES string of the molecule is CN(CCO)C(=O)c1ccc(C#CCCO)c(Cl)c1. The Hall–Kier alpha value is -1.54. The lowest BCUT2D eigenvalue weighted by atomic mass is 10.1. The van der Waals surface area contributed by atoms with Crippen molar-refractivity contribution < 1.29 is 15.0 Å². The first-order chi connectivity index (χ1) is 9.10. The Morgan fingerprint density at radius 1 is 1.37 bits per heavy atom. The molecule has 102 valence electrons. The molecule has 1 rings (SSSR count). The van der Waals surface area contributed by atoms with Crippen LogP contribution in [0.2, 0.25) is 5.02 Å². The van der Waals surface area contributed by atoms with Gasteiger partial charge >= 0.3 is 0 Å². The van der Waals surface area contributed by atoms with Crippen LogP contribution < -0.4 is 0 Å². The molecule has 0 saturated carbocycles. The van der Waals surface area contributed by atoms with E-state index in [0.717, 1.165) is 0 Å². The summed E-state index contributed by atoms with van der Waals surface area (Å²) in [7, 11) is 1.61. The largest absolute Gasteiger partial charge is 0.395 e. The molecule has 1 aromatic rings. The van der Waals surface area contributed by atoms with Gasteiger partial charge in [-0.25, -0.2) is 0 Å². The van der Waals surface area contributed by atoms with Crippen molar-refractivity contribution in [2.45, 2.75) is 6.42 Å². The van der Waals surface area contributed by atoms with Gasteiger partial charge in [0, 0.05) is 31.1 Å². The zero-order valence-electron chi connectivity index (χ0n) is 10.7. The van der Waals surface area contributed by atoms with Crippen LogP contribution in [0, 0.1) is 11.8 Å². The molecular weight excluding hydrogens is 266 g/mol. The highest BCUT2D eigenvalue weighted by atomic mass is 35.5. The summed E-state index contributed by atoms with van der Waals surface area (Å²) in [5, 5.41) is 17.8. The van der Waals surface area contributed by atoms with Crippen LogP contribution in [0.25, 0.3) is 0 Å². The average Bonchev–Trinajstić information content (AvgIpc) is 2.40. The number of benzene rings is 1. The van der Waals surface area contributed by atoms with Crippen LogP contribution in [0.15, 0.2) is 18.2 Å². The molecule has 0 aromatic heterocycles. The standard InChI is InChI=1S/C14H16ClNO3/c1-16(7-9-18)14(19)12-6-5-11(13(15)10-12)4-2-3-8-17/h5-6,10,17-18H,3,7-9H2,1H3. The normalized spacial score (nSPS) is 9.68. The Labute approximate surface area is 117 Å². The maximum Gasteiger partial charge on any atom is 0.253 e. The van der Waals surface area contributed by atoms with E-state index in [1.165, 1.54) is 4.90 Å². The van der Waals surface area contributed by atoms with Crippen LogP contribution in [-0.4, -0.2) is 47.8 Å². The first-order valence-corrected chi connectivity index (χ1v) is 6.23. The molecule has 0 aliphatic carbocycles. The topological polar surface area (TPSA) is 60.8 Å². The minimum Gasteiger partial charge on any atom is -0.395 e. The van der Waals surface area contributed by atoms with E-state index in [1.807, 2.05) is 0 Å².